The number of hydrogen-bond donors (Lipinski definition) is 2. The summed E-state index contributed by atoms with van der Waals surface area (Å²) >= 11 is 3.43. The SMILES string of the molecule is N#Cc1ccc(C(N)C2=C(Nc3cccc(CF)c3)CCC2=O)c(Br)c1. The van der Waals surface area contributed by atoms with Crippen molar-refractivity contribution >= 4 is 27.4 Å². The molecule has 0 spiro atoms. The van der Waals surface area contributed by atoms with Gasteiger partial charge < -0.3 is 11.1 Å². The number of rotatable bonds is 5. The van der Waals surface area contributed by atoms with Crippen LogP contribution in [0.3, 0.4) is 0 Å². The van der Waals surface area contributed by atoms with Gasteiger partial charge in [-0.05, 0) is 41.8 Å². The predicted octanol–water partition coefficient (Wildman–Crippen LogP) is 4.52. The van der Waals surface area contributed by atoms with Crippen LogP contribution in [0.4, 0.5) is 10.1 Å². The van der Waals surface area contributed by atoms with Crippen LogP contribution in [0.1, 0.15) is 35.6 Å². The molecular formula is C20H17BrFN3O. The number of carbonyl (C=O) groups excluding carboxylic acids is 1. The van der Waals surface area contributed by atoms with Gasteiger partial charge in [-0.2, -0.15) is 5.26 Å². The van der Waals surface area contributed by atoms with Crippen molar-refractivity contribution in [1.29, 1.82) is 5.26 Å². The number of nitrogens with zero attached hydrogens (tertiary/aromatic N) is 1. The number of nitrogens with one attached hydrogen (secondary N) is 1. The lowest BCUT2D eigenvalue weighted by Gasteiger charge is -2.18. The lowest BCUT2D eigenvalue weighted by atomic mass is 9.96. The summed E-state index contributed by atoms with van der Waals surface area (Å²) in [6.07, 6.45) is 0.956. The fourth-order valence-electron chi connectivity index (χ4n) is 3.08. The average Bonchev–Trinajstić information content (AvgIpc) is 3.01. The first-order valence-electron chi connectivity index (χ1n) is 8.16. The summed E-state index contributed by atoms with van der Waals surface area (Å²) in [7, 11) is 0. The minimum absolute atomic E-state index is 0.00194. The zero-order chi connectivity index (χ0) is 18.7. The van der Waals surface area contributed by atoms with Crippen molar-refractivity contribution in [2.24, 2.45) is 5.73 Å². The Morgan fingerprint density at radius 1 is 1.27 bits per heavy atom. The van der Waals surface area contributed by atoms with Crippen LogP contribution in [-0.4, -0.2) is 5.78 Å². The van der Waals surface area contributed by atoms with Crippen molar-refractivity contribution < 1.29 is 9.18 Å². The van der Waals surface area contributed by atoms with E-state index in [9.17, 15) is 9.18 Å². The second kappa shape index (κ2) is 7.81. The molecule has 1 atom stereocenters. The number of carbonyl (C=O) groups is 1. The molecule has 1 aliphatic carbocycles. The van der Waals surface area contributed by atoms with E-state index >= 15 is 0 Å². The summed E-state index contributed by atoms with van der Waals surface area (Å²) in [4.78, 5) is 12.4. The van der Waals surface area contributed by atoms with E-state index in [2.05, 4.69) is 27.3 Å². The summed E-state index contributed by atoms with van der Waals surface area (Å²) < 4.78 is 13.6. The van der Waals surface area contributed by atoms with Gasteiger partial charge in [0, 0.05) is 27.9 Å². The number of ketones is 1. The molecule has 3 rings (SSSR count). The Balaban J connectivity index is 1.95. The quantitative estimate of drug-likeness (QED) is 0.754. The molecule has 6 heteroatoms. The van der Waals surface area contributed by atoms with Crippen LogP contribution in [0.5, 0.6) is 0 Å². The zero-order valence-corrected chi connectivity index (χ0v) is 15.5. The van der Waals surface area contributed by atoms with Crippen molar-refractivity contribution in [3.8, 4) is 6.07 Å². The predicted molar refractivity (Wildman–Crippen MR) is 102 cm³/mol. The van der Waals surface area contributed by atoms with Gasteiger partial charge in [0.2, 0.25) is 0 Å². The fraction of sp³-hybridized carbons (Fsp3) is 0.200. The van der Waals surface area contributed by atoms with Crippen LogP contribution in [0.2, 0.25) is 0 Å². The molecule has 3 N–H and O–H groups in total. The maximum absolute atomic E-state index is 12.9. The summed E-state index contributed by atoms with van der Waals surface area (Å²) in [6.45, 7) is -0.544. The van der Waals surface area contributed by atoms with Crippen LogP contribution in [-0.2, 0) is 11.5 Å². The number of allylic oxidation sites excluding steroid dienone is 1. The molecule has 4 nitrogen and oxygen atoms in total. The molecule has 2 aromatic carbocycles. The number of hydrogen-bond acceptors (Lipinski definition) is 4. The molecule has 0 saturated carbocycles. The molecule has 1 aliphatic rings. The first-order chi connectivity index (χ1) is 12.5. The van der Waals surface area contributed by atoms with E-state index in [1.54, 1.807) is 36.4 Å². The van der Waals surface area contributed by atoms with Gasteiger partial charge in [0.25, 0.3) is 0 Å². The number of anilines is 1. The van der Waals surface area contributed by atoms with Crippen LogP contribution in [0.15, 0.2) is 58.2 Å². The summed E-state index contributed by atoms with van der Waals surface area (Å²) in [5.74, 6) is -0.00194. The van der Waals surface area contributed by atoms with Gasteiger partial charge in [0.1, 0.15) is 6.67 Å². The van der Waals surface area contributed by atoms with Crippen LogP contribution in [0.25, 0.3) is 0 Å². The molecule has 26 heavy (non-hydrogen) atoms. The Hall–Kier alpha value is -2.49. The second-order valence-corrected chi connectivity index (χ2v) is 6.95. The first-order valence-corrected chi connectivity index (χ1v) is 8.96. The highest BCUT2D eigenvalue weighted by atomic mass is 79.9. The normalized spacial score (nSPS) is 15.1. The molecule has 0 amide bonds. The third kappa shape index (κ3) is 3.69. The van der Waals surface area contributed by atoms with Gasteiger partial charge in [0.15, 0.2) is 5.78 Å². The molecular weight excluding hydrogens is 397 g/mol. The van der Waals surface area contributed by atoms with Crippen molar-refractivity contribution in [3.63, 3.8) is 0 Å². The molecule has 2 aromatic rings. The van der Waals surface area contributed by atoms with Crippen LogP contribution >= 0.6 is 15.9 Å². The number of nitriles is 1. The zero-order valence-electron chi connectivity index (χ0n) is 13.9. The van der Waals surface area contributed by atoms with Gasteiger partial charge in [-0.3, -0.25) is 4.79 Å². The molecule has 0 saturated heterocycles. The number of nitrogens with two attached hydrogens (primary N) is 1. The van der Waals surface area contributed by atoms with Crippen molar-refractivity contribution in [3.05, 3.63) is 74.9 Å². The van der Waals surface area contributed by atoms with Gasteiger partial charge in [-0.1, -0.05) is 34.1 Å². The minimum Gasteiger partial charge on any atom is -0.358 e. The summed E-state index contributed by atoms with van der Waals surface area (Å²) in [5, 5.41) is 12.2. The Morgan fingerprint density at radius 2 is 2.08 bits per heavy atom. The number of alkyl halides is 1. The monoisotopic (exact) mass is 413 g/mol. The highest BCUT2D eigenvalue weighted by molar-refractivity contribution is 9.10. The molecule has 0 heterocycles. The fourth-order valence-corrected chi connectivity index (χ4v) is 3.70. The molecule has 1 unspecified atom stereocenters. The van der Waals surface area contributed by atoms with Gasteiger partial charge in [0.05, 0.1) is 17.7 Å². The van der Waals surface area contributed by atoms with E-state index in [-0.39, 0.29) is 5.78 Å². The Labute approximate surface area is 159 Å². The van der Waals surface area contributed by atoms with Gasteiger partial charge >= 0.3 is 0 Å². The highest BCUT2D eigenvalue weighted by Crippen LogP contribution is 2.35. The smallest absolute Gasteiger partial charge is 0.162 e. The second-order valence-electron chi connectivity index (χ2n) is 6.10. The lowest BCUT2D eigenvalue weighted by molar-refractivity contribution is -0.115. The maximum atomic E-state index is 12.9. The Bertz CT molecular complexity index is 933. The largest absolute Gasteiger partial charge is 0.358 e. The van der Waals surface area contributed by atoms with Crippen LogP contribution < -0.4 is 11.1 Å². The van der Waals surface area contributed by atoms with Gasteiger partial charge in [-0.25, -0.2) is 4.39 Å². The third-order valence-corrected chi connectivity index (χ3v) is 5.07. The van der Waals surface area contributed by atoms with E-state index in [0.717, 1.165) is 16.9 Å². The van der Waals surface area contributed by atoms with E-state index in [1.165, 1.54) is 0 Å². The highest BCUT2D eigenvalue weighted by Gasteiger charge is 2.29. The standard InChI is InChI=1S/C20H17BrFN3O/c21-16-9-13(11-23)4-5-15(16)20(24)19-17(6-7-18(19)26)25-14-3-1-2-12(8-14)10-22/h1-5,8-9,20,25H,6-7,10,24H2. The summed E-state index contributed by atoms with van der Waals surface area (Å²) in [5.41, 5.74) is 10.2. The topological polar surface area (TPSA) is 78.9 Å². The molecule has 0 fully saturated rings. The molecule has 0 bridgehead atoms. The lowest BCUT2D eigenvalue weighted by Crippen LogP contribution is -2.19. The Kier molecular flexibility index (Phi) is 5.50. The third-order valence-electron chi connectivity index (χ3n) is 4.38. The Morgan fingerprint density at radius 3 is 2.77 bits per heavy atom. The maximum Gasteiger partial charge on any atom is 0.162 e. The van der Waals surface area contributed by atoms with Crippen molar-refractivity contribution in [2.75, 3.05) is 5.32 Å². The molecule has 0 radical (unpaired) electrons. The van der Waals surface area contributed by atoms with E-state index in [0.29, 0.717) is 34.0 Å². The number of halogens is 2. The van der Waals surface area contributed by atoms with E-state index in [1.807, 2.05) is 6.07 Å². The average molecular weight is 414 g/mol. The van der Waals surface area contributed by atoms with Crippen molar-refractivity contribution in [2.45, 2.75) is 25.6 Å². The van der Waals surface area contributed by atoms with Crippen LogP contribution in [0, 0.1) is 11.3 Å². The minimum atomic E-state index is -0.612. The number of benzene rings is 2. The van der Waals surface area contributed by atoms with E-state index < -0.39 is 12.7 Å². The van der Waals surface area contributed by atoms with E-state index in [4.69, 9.17) is 11.0 Å². The molecule has 132 valence electrons. The summed E-state index contributed by atoms with van der Waals surface area (Å²) in [6, 6.07) is 13.6. The first kappa shape index (κ1) is 18.3. The molecule has 0 aliphatic heterocycles. The molecule has 0 aromatic heterocycles. The van der Waals surface area contributed by atoms with Crippen molar-refractivity contribution in [1.82, 2.24) is 0 Å². The number of Topliss-reactive ketones (excluding diaryl/α,β-unsaturated/α-hetero) is 1. The van der Waals surface area contributed by atoms with Gasteiger partial charge in [-0.15, -0.1) is 0 Å².